The molecule has 0 heterocycles. The summed E-state index contributed by atoms with van der Waals surface area (Å²) >= 11 is 0. The van der Waals surface area contributed by atoms with E-state index in [1.54, 1.807) is 6.92 Å². The van der Waals surface area contributed by atoms with E-state index in [9.17, 15) is 13.2 Å². The monoisotopic (exact) mass is 300 g/mol. The molecule has 1 aromatic rings. The zero-order valence-corrected chi connectivity index (χ0v) is 12.4. The standard InChI is InChI=1S/C16H19F3O2/c1-6-8-11-10(3)14(20-4)12(9-7-2)13(15(11)21-5)16(17,18)19/h6-7H,1-2,8-9H2,3-5H3. The van der Waals surface area contributed by atoms with Crippen molar-refractivity contribution >= 4 is 0 Å². The fourth-order valence-corrected chi connectivity index (χ4v) is 2.47. The molecule has 0 aliphatic rings. The lowest BCUT2D eigenvalue weighted by Crippen LogP contribution is -2.15. The number of allylic oxidation sites excluding steroid dienone is 2. The van der Waals surface area contributed by atoms with E-state index in [0.29, 0.717) is 11.1 Å². The Morgan fingerprint density at radius 3 is 1.81 bits per heavy atom. The highest BCUT2D eigenvalue weighted by atomic mass is 19.4. The Morgan fingerprint density at radius 2 is 1.43 bits per heavy atom. The van der Waals surface area contributed by atoms with Gasteiger partial charge in [0.1, 0.15) is 17.1 Å². The molecule has 0 saturated carbocycles. The number of benzene rings is 1. The first-order valence-corrected chi connectivity index (χ1v) is 6.38. The molecule has 0 bridgehead atoms. The van der Waals surface area contributed by atoms with Crippen molar-refractivity contribution in [2.45, 2.75) is 25.9 Å². The van der Waals surface area contributed by atoms with Crippen LogP contribution in [-0.2, 0) is 19.0 Å². The van der Waals surface area contributed by atoms with Crippen LogP contribution in [0.15, 0.2) is 25.3 Å². The number of ether oxygens (including phenoxy) is 2. The zero-order valence-electron chi connectivity index (χ0n) is 12.4. The van der Waals surface area contributed by atoms with Crippen LogP contribution in [0.25, 0.3) is 0 Å². The molecular weight excluding hydrogens is 281 g/mol. The maximum absolute atomic E-state index is 13.5. The summed E-state index contributed by atoms with van der Waals surface area (Å²) in [6.45, 7) is 8.82. The van der Waals surface area contributed by atoms with Crippen LogP contribution < -0.4 is 9.47 Å². The molecule has 0 atom stereocenters. The SMILES string of the molecule is C=CCc1c(C)c(OC)c(CC=C)c(C(F)(F)F)c1OC. The maximum atomic E-state index is 13.5. The number of halogens is 3. The fraction of sp³-hybridized carbons (Fsp3) is 0.375. The minimum absolute atomic E-state index is 0.0437. The van der Waals surface area contributed by atoms with Crippen molar-refractivity contribution < 1.29 is 22.6 Å². The second-order valence-corrected chi connectivity index (χ2v) is 4.51. The Hall–Kier alpha value is -1.91. The first-order valence-electron chi connectivity index (χ1n) is 6.38. The van der Waals surface area contributed by atoms with E-state index in [0.717, 1.165) is 0 Å². The zero-order chi connectivity index (χ0) is 16.2. The van der Waals surface area contributed by atoms with E-state index in [1.807, 2.05) is 0 Å². The van der Waals surface area contributed by atoms with E-state index >= 15 is 0 Å². The molecule has 21 heavy (non-hydrogen) atoms. The molecule has 0 spiro atoms. The molecule has 0 unspecified atom stereocenters. The van der Waals surface area contributed by atoms with E-state index in [1.165, 1.54) is 26.4 Å². The van der Waals surface area contributed by atoms with Gasteiger partial charge in [-0.2, -0.15) is 13.2 Å². The molecule has 0 amide bonds. The minimum Gasteiger partial charge on any atom is -0.496 e. The molecule has 116 valence electrons. The molecular formula is C16H19F3O2. The van der Waals surface area contributed by atoms with Crippen molar-refractivity contribution in [2.75, 3.05) is 14.2 Å². The summed E-state index contributed by atoms with van der Waals surface area (Å²) in [5, 5.41) is 0. The molecule has 2 nitrogen and oxygen atoms in total. The Morgan fingerprint density at radius 1 is 0.952 bits per heavy atom. The van der Waals surface area contributed by atoms with Gasteiger partial charge in [-0.1, -0.05) is 12.2 Å². The van der Waals surface area contributed by atoms with Crippen LogP contribution in [0.1, 0.15) is 22.3 Å². The molecule has 1 rings (SSSR count). The third kappa shape index (κ3) is 3.23. The van der Waals surface area contributed by atoms with Gasteiger partial charge < -0.3 is 9.47 Å². The van der Waals surface area contributed by atoms with Gasteiger partial charge in [0.05, 0.1) is 14.2 Å². The van der Waals surface area contributed by atoms with Crippen molar-refractivity contribution in [3.8, 4) is 11.5 Å². The molecule has 0 aliphatic heterocycles. The molecule has 5 heteroatoms. The average Bonchev–Trinajstić information content (AvgIpc) is 2.40. The van der Waals surface area contributed by atoms with Gasteiger partial charge in [-0.25, -0.2) is 0 Å². The predicted octanol–water partition coefficient (Wildman–Crippen LogP) is 4.49. The summed E-state index contributed by atoms with van der Waals surface area (Å²) in [5.41, 5.74) is 0.301. The van der Waals surface area contributed by atoms with Gasteiger partial charge in [-0.15, -0.1) is 13.2 Å². The number of methoxy groups -OCH3 is 2. The first-order chi connectivity index (χ1) is 9.83. The summed E-state index contributed by atoms with van der Waals surface area (Å²) in [7, 11) is 2.60. The Bertz CT molecular complexity index is 546. The normalized spacial score (nSPS) is 11.1. The predicted molar refractivity (Wildman–Crippen MR) is 77.1 cm³/mol. The summed E-state index contributed by atoms with van der Waals surface area (Å²) < 4.78 is 50.8. The second kappa shape index (κ2) is 6.70. The van der Waals surface area contributed by atoms with Gasteiger partial charge in [-0.3, -0.25) is 0 Å². The maximum Gasteiger partial charge on any atom is 0.420 e. The molecule has 0 radical (unpaired) electrons. The van der Waals surface area contributed by atoms with Crippen LogP contribution in [-0.4, -0.2) is 14.2 Å². The summed E-state index contributed by atoms with van der Waals surface area (Å²) in [4.78, 5) is 0. The Labute approximate surface area is 122 Å². The summed E-state index contributed by atoms with van der Waals surface area (Å²) in [6.07, 6.45) is -1.27. The lowest BCUT2D eigenvalue weighted by Gasteiger charge is -2.24. The Kier molecular flexibility index (Phi) is 5.47. The second-order valence-electron chi connectivity index (χ2n) is 4.51. The van der Waals surface area contributed by atoms with Crippen LogP contribution in [0.2, 0.25) is 0 Å². The topological polar surface area (TPSA) is 18.5 Å². The van der Waals surface area contributed by atoms with Crippen molar-refractivity contribution in [3.63, 3.8) is 0 Å². The van der Waals surface area contributed by atoms with E-state index < -0.39 is 11.7 Å². The molecule has 0 aliphatic carbocycles. The minimum atomic E-state index is -4.54. The largest absolute Gasteiger partial charge is 0.496 e. The molecule has 0 fully saturated rings. The van der Waals surface area contributed by atoms with E-state index in [4.69, 9.17) is 9.47 Å². The Balaban J connectivity index is 3.89. The van der Waals surface area contributed by atoms with Crippen LogP contribution in [0, 0.1) is 6.92 Å². The third-order valence-electron chi connectivity index (χ3n) is 3.26. The number of hydrogen-bond donors (Lipinski definition) is 0. The van der Waals surface area contributed by atoms with Crippen LogP contribution in [0.4, 0.5) is 13.2 Å². The average molecular weight is 300 g/mol. The van der Waals surface area contributed by atoms with Gasteiger partial charge in [0.2, 0.25) is 0 Å². The number of alkyl halides is 3. The van der Waals surface area contributed by atoms with Crippen LogP contribution in [0.5, 0.6) is 11.5 Å². The van der Waals surface area contributed by atoms with E-state index in [2.05, 4.69) is 13.2 Å². The lowest BCUT2D eigenvalue weighted by molar-refractivity contribution is -0.139. The highest BCUT2D eigenvalue weighted by molar-refractivity contribution is 5.61. The quantitative estimate of drug-likeness (QED) is 0.721. The van der Waals surface area contributed by atoms with Crippen molar-refractivity contribution in [3.05, 3.63) is 47.6 Å². The first kappa shape index (κ1) is 17.1. The molecule has 0 saturated heterocycles. The summed E-state index contributed by atoms with van der Waals surface area (Å²) in [6, 6.07) is 0. The molecule has 0 aromatic heterocycles. The van der Waals surface area contributed by atoms with Crippen molar-refractivity contribution in [2.24, 2.45) is 0 Å². The van der Waals surface area contributed by atoms with Gasteiger partial charge in [0, 0.05) is 11.1 Å². The van der Waals surface area contributed by atoms with Gasteiger partial charge in [-0.05, 0) is 25.3 Å². The highest BCUT2D eigenvalue weighted by Crippen LogP contribution is 2.47. The van der Waals surface area contributed by atoms with Gasteiger partial charge in [0.25, 0.3) is 0 Å². The third-order valence-corrected chi connectivity index (χ3v) is 3.26. The van der Waals surface area contributed by atoms with E-state index in [-0.39, 0.29) is 29.9 Å². The lowest BCUT2D eigenvalue weighted by atomic mass is 9.92. The van der Waals surface area contributed by atoms with Gasteiger partial charge >= 0.3 is 6.18 Å². The van der Waals surface area contributed by atoms with Gasteiger partial charge in [0.15, 0.2) is 0 Å². The van der Waals surface area contributed by atoms with Crippen LogP contribution >= 0.6 is 0 Å². The fourth-order valence-electron chi connectivity index (χ4n) is 2.47. The number of hydrogen-bond acceptors (Lipinski definition) is 2. The molecule has 1 aromatic carbocycles. The van der Waals surface area contributed by atoms with Crippen molar-refractivity contribution in [1.29, 1.82) is 0 Å². The summed E-state index contributed by atoms with van der Waals surface area (Å²) in [5.74, 6) is 0.0532. The smallest absolute Gasteiger partial charge is 0.420 e. The van der Waals surface area contributed by atoms with Crippen molar-refractivity contribution in [1.82, 2.24) is 0 Å². The molecule has 0 N–H and O–H groups in total. The highest BCUT2D eigenvalue weighted by Gasteiger charge is 2.40. The van der Waals surface area contributed by atoms with Crippen LogP contribution in [0.3, 0.4) is 0 Å². The number of rotatable bonds is 6.